The van der Waals surface area contributed by atoms with Crippen LogP contribution in [0.4, 0.5) is 0 Å². The fraction of sp³-hybridized carbons (Fsp3) is 1.00. The molecule has 1 aliphatic rings. The summed E-state index contributed by atoms with van der Waals surface area (Å²) in [4.78, 5) is 2.58. The van der Waals surface area contributed by atoms with Gasteiger partial charge in [0, 0.05) is 24.9 Å². The van der Waals surface area contributed by atoms with Gasteiger partial charge in [0.25, 0.3) is 0 Å². The van der Waals surface area contributed by atoms with Crippen LogP contribution in [0.25, 0.3) is 0 Å². The summed E-state index contributed by atoms with van der Waals surface area (Å²) in [6.45, 7) is 7.10. The number of hydrogen-bond donors (Lipinski definition) is 1. The lowest BCUT2D eigenvalue weighted by molar-refractivity contribution is 0.261. The van der Waals surface area contributed by atoms with Crippen LogP contribution in [0.1, 0.15) is 26.7 Å². The van der Waals surface area contributed by atoms with Crippen molar-refractivity contribution in [2.45, 2.75) is 32.7 Å². The minimum atomic E-state index is 0.845. The van der Waals surface area contributed by atoms with Crippen molar-refractivity contribution in [3.05, 3.63) is 0 Å². The molecule has 0 aliphatic carbocycles. The molecular formula is C9H19NS. The molecule has 0 aromatic heterocycles. The maximum absolute atomic E-state index is 4.26. The molecule has 1 nitrogen and oxygen atoms in total. The zero-order valence-electron chi connectivity index (χ0n) is 7.58. The van der Waals surface area contributed by atoms with Crippen molar-refractivity contribution in [3.8, 4) is 0 Å². The van der Waals surface area contributed by atoms with Crippen LogP contribution in [0, 0.1) is 5.92 Å². The molecule has 1 rings (SSSR count). The van der Waals surface area contributed by atoms with Crippen LogP contribution in [-0.2, 0) is 0 Å². The molecule has 1 heterocycles. The summed E-state index contributed by atoms with van der Waals surface area (Å²) in [7, 11) is 0. The molecule has 0 radical (unpaired) electrons. The highest BCUT2D eigenvalue weighted by atomic mass is 32.1. The van der Waals surface area contributed by atoms with E-state index in [-0.39, 0.29) is 0 Å². The molecule has 11 heavy (non-hydrogen) atoms. The van der Waals surface area contributed by atoms with Crippen molar-refractivity contribution in [1.82, 2.24) is 4.90 Å². The first-order valence-electron chi connectivity index (χ1n) is 4.62. The predicted molar refractivity (Wildman–Crippen MR) is 53.3 cm³/mol. The van der Waals surface area contributed by atoms with Gasteiger partial charge >= 0.3 is 0 Å². The summed E-state index contributed by atoms with van der Waals surface area (Å²) in [6.07, 6.45) is 2.70. The van der Waals surface area contributed by atoms with Crippen molar-refractivity contribution in [3.63, 3.8) is 0 Å². The lowest BCUT2D eigenvalue weighted by Crippen LogP contribution is -2.30. The monoisotopic (exact) mass is 173 g/mol. The number of nitrogens with zero attached hydrogens (tertiary/aromatic N) is 1. The number of rotatable bonds is 3. The molecule has 0 spiro atoms. The van der Waals surface area contributed by atoms with Crippen LogP contribution in [0.5, 0.6) is 0 Å². The molecule has 2 unspecified atom stereocenters. The highest BCUT2D eigenvalue weighted by Gasteiger charge is 2.26. The Morgan fingerprint density at radius 1 is 1.55 bits per heavy atom. The second kappa shape index (κ2) is 4.36. The van der Waals surface area contributed by atoms with E-state index in [1.165, 1.54) is 25.9 Å². The van der Waals surface area contributed by atoms with E-state index >= 15 is 0 Å². The van der Waals surface area contributed by atoms with E-state index in [4.69, 9.17) is 0 Å². The Hall–Kier alpha value is 0.310. The van der Waals surface area contributed by atoms with Crippen LogP contribution >= 0.6 is 12.6 Å². The van der Waals surface area contributed by atoms with Crippen molar-refractivity contribution >= 4 is 12.6 Å². The molecule has 0 N–H and O–H groups in total. The van der Waals surface area contributed by atoms with Crippen LogP contribution < -0.4 is 0 Å². The molecule has 2 heteroatoms. The predicted octanol–water partition coefficient (Wildman–Crippen LogP) is 2.04. The third-order valence-electron chi connectivity index (χ3n) is 2.60. The summed E-state index contributed by atoms with van der Waals surface area (Å²) in [5.74, 6) is 1.91. The summed E-state index contributed by atoms with van der Waals surface area (Å²) >= 11 is 4.26. The topological polar surface area (TPSA) is 3.24 Å². The first-order valence-corrected chi connectivity index (χ1v) is 5.26. The van der Waals surface area contributed by atoms with Gasteiger partial charge in [0.1, 0.15) is 0 Å². The average molecular weight is 173 g/mol. The SMILES string of the molecule is CCC1CC(C)CN1CCS. The van der Waals surface area contributed by atoms with Gasteiger partial charge in [-0.3, -0.25) is 4.90 Å². The van der Waals surface area contributed by atoms with Gasteiger partial charge in [0.05, 0.1) is 0 Å². The standard InChI is InChI=1S/C9H19NS/c1-3-9-6-8(2)7-10(9)4-5-11/h8-9,11H,3-7H2,1-2H3. The highest BCUT2D eigenvalue weighted by Crippen LogP contribution is 2.24. The largest absolute Gasteiger partial charge is 0.299 e. The Bertz CT molecular complexity index is 116. The van der Waals surface area contributed by atoms with Crippen LogP contribution in [0.15, 0.2) is 0 Å². The van der Waals surface area contributed by atoms with E-state index in [0.29, 0.717) is 0 Å². The fourth-order valence-electron chi connectivity index (χ4n) is 2.06. The van der Waals surface area contributed by atoms with Gasteiger partial charge in [-0.25, -0.2) is 0 Å². The van der Waals surface area contributed by atoms with E-state index in [9.17, 15) is 0 Å². The lowest BCUT2D eigenvalue weighted by Gasteiger charge is -2.21. The Balaban J connectivity index is 2.37. The normalized spacial score (nSPS) is 33.0. The minimum Gasteiger partial charge on any atom is -0.299 e. The van der Waals surface area contributed by atoms with Gasteiger partial charge in [-0.15, -0.1) is 0 Å². The lowest BCUT2D eigenvalue weighted by atomic mass is 10.1. The maximum Gasteiger partial charge on any atom is 0.00960 e. The molecular weight excluding hydrogens is 154 g/mol. The third-order valence-corrected chi connectivity index (χ3v) is 2.80. The zero-order valence-corrected chi connectivity index (χ0v) is 8.48. The Kier molecular flexibility index (Phi) is 3.73. The summed E-state index contributed by atoms with van der Waals surface area (Å²) in [6, 6.07) is 0.845. The van der Waals surface area contributed by atoms with E-state index in [2.05, 4.69) is 31.4 Å². The summed E-state index contributed by atoms with van der Waals surface area (Å²) in [5.41, 5.74) is 0. The second-order valence-corrected chi connectivity index (χ2v) is 4.07. The van der Waals surface area contributed by atoms with Gasteiger partial charge in [-0.2, -0.15) is 12.6 Å². The number of hydrogen-bond acceptors (Lipinski definition) is 2. The first kappa shape index (κ1) is 9.40. The smallest absolute Gasteiger partial charge is 0.00960 e. The van der Waals surface area contributed by atoms with Gasteiger partial charge in [0.15, 0.2) is 0 Å². The molecule has 0 amide bonds. The van der Waals surface area contributed by atoms with E-state index in [1.54, 1.807) is 0 Å². The van der Waals surface area contributed by atoms with Crippen molar-refractivity contribution in [1.29, 1.82) is 0 Å². The molecule has 66 valence electrons. The average Bonchev–Trinajstić information content (AvgIpc) is 2.32. The van der Waals surface area contributed by atoms with Gasteiger partial charge < -0.3 is 0 Å². The molecule has 1 aliphatic heterocycles. The van der Waals surface area contributed by atoms with Gasteiger partial charge in [0.2, 0.25) is 0 Å². The molecule has 1 saturated heterocycles. The molecule has 2 atom stereocenters. The molecule has 1 fully saturated rings. The summed E-state index contributed by atoms with van der Waals surface area (Å²) < 4.78 is 0. The Labute approximate surface area is 75.6 Å². The second-order valence-electron chi connectivity index (χ2n) is 3.62. The minimum absolute atomic E-state index is 0.845. The molecule has 0 aromatic rings. The third kappa shape index (κ3) is 2.38. The van der Waals surface area contributed by atoms with Crippen LogP contribution in [-0.4, -0.2) is 29.8 Å². The van der Waals surface area contributed by atoms with Crippen molar-refractivity contribution in [2.75, 3.05) is 18.8 Å². The quantitative estimate of drug-likeness (QED) is 0.639. The van der Waals surface area contributed by atoms with Crippen molar-refractivity contribution in [2.24, 2.45) is 5.92 Å². The molecule has 0 aromatic carbocycles. The van der Waals surface area contributed by atoms with E-state index < -0.39 is 0 Å². The van der Waals surface area contributed by atoms with Crippen LogP contribution in [0.3, 0.4) is 0 Å². The molecule has 0 saturated carbocycles. The first-order chi connectivity index (χ1) is 5.27. The molecule has 0 bridgehead atoms. The summed E-state index contributed by atoms with van der Waals surface area (Å²) in [5, 5.41) is 0. The number of thiol groups is 1. The Morgan fingerprint density at radius 3 is 2.82 bits per heavy atom. The number of likely N-dealkylation sites (tertiary alicyclic amines) is 1. The fourth-order valence-corrected chi connectivity index (χ4v) is 2.32. The highest BCUT2D eigenvalue weighted by molar-refractivity contribution is 7.80. The van der Waals surface area contributed by atoms with Gasteiger partial charge in [-0.1, -0.05) is 13.8 Å². The van der Waals surface area contributed by atoms with E-state index in [1.807, 2.05) is 0 Å². The zero-order chi connectivity index (χ0) is 8.27. The Morgan fingerprint density at radius 2 is 2.27 bits per heavy atom. The van der Waals surface area contributed by atoms with Crippen molar-refractivity contribution < 1.29 is 0 Å². The maximum atomic E-state index is 4.26. The van der Waals surface area contributed by atoms with E-state index in [0.717, 1.165) is 17.7 Å². The van der Waals surface area contributed by atoms with Gasteiger partial charge in [-0.05, 0) is 18.8 Å². The van der Waals surface area contributed by atoms with Crippen LogP contribution in [0.2, 0.25) is 0 Å².